The van der Waals surface area contributed by atoms with Gasteiger partial charge in [-0.25, -0.2) is 0 Å². The summed E-state index contributed by atoms with van der Waals surface area (Å²) < 4.78 is 11.1. The van der Waals surface area contributed by atoms with Gasteiger partial charge in [-0.05, 0) is 29.8 Å². The molecule has 0 unspecified atom stereocenters. The van der Waals surface area contributed by atoms with E-state index < -0.39 is 4.92 Å². The summed E-state index contributed by atoms with van der Waals surface area (Å²) in [4.78, 5) is 23.0. The van der Waals surface area contributed by atoms with E-state index in [0.717, 1.165) is 11.1 Å². The molecule has 0 aliphatic carbocycles. The normalized spacial score (nSPS) is 10.4. The van der Waals surface area contributed by atoms with Crippen molar-refractivity contribution in [2.75, 3.05) is 12.4 Å². The summed E-state index contributed by atoms with van der Waals surface area (Å²) in [7, 11) is 1.55. The smallest absolute Gasteiger partial charge is 0.271 e. The van der Waals surface area contributed by atoms with Crippen LogP contribution < -0.4 is 10.1 Å². The predicted molar refractivity (Wildman–Crippen MR) is 109 cm³/mol. The van der Waals surface area contributed by atoms with Gasteiger partial charge >= 0.3 is 0 Å². The van der Waals surface area contributed by atoms with Crippen LogP contribution in [0.2, 0.25) is 0 Å². The van der Waals surface area contributed by atoms with E-state index in [2.05, 4.69) is 5.32 Å². The number of hydrogen-bond donors (Lipinski definition) is 1. The quantitative estimate of drug-likeness (QED) is 0.448. The second-order valence-electron chi connectivity index (χ2n) is 6.27. The summed E-state index contributed by atoms with van der Waals surface area (Å²) in [5.41, 5.74) is 2.44. The molecule has 3 aromatic rings. The lowest BCUT2D eigenvalue weighted by molar-refractivity contribution is -0.384. The van der Waals surface area contributed by atoms with Crippen LogP contribution in [0.1, 0.15) is 21.5 Å². The van der Waals surface area contributed by atoms with E-state index in [9.17, 15) is 14.9 Å². The van der Waals surface area contributed by atoms with Crippen molar-refractivity contribution < 1.29 is 19.2 Å². The summed E-state index contributed by atoms with van der Waals surface area (Å²) in [6.07, 6.45) is 0. The average Bonchev–Trinajstić information content (AvgIpc) is 2.74. The van der Waals surface area contributed by atoms with Gasteiger partial charge in [-0.15, -0.1) is 0 Å². The molecule has 0 aromatic heterocycles. The fraction of sp³-hybridized carbons (Fsp3) is 0.136. The molecule has 0 heterocycles. The van der Waals surface area contributed by atoms with Crippen molar-refractivity contribution in [2.24, 2.45) is 0 Å². The van der Waals surface area contributed by atoms with Gasteiger partial charge in [0.25, 0.3) is 11.6 Å². The van der Waals surface area contributed by atoms with Gasteiger partial charge in [0, 0.05) is 28.9 Å². The number of ether oxygens (including phenoxy) is 2. The number of amides is 1. The molecule has 0 aliphatic rings. The third-order valence-electron chi connectivity index (χ3n) is 4.23. The van der Waals surface area contributed by atoms with Crippen LogP contribution in [0, 0.1) is 10.1 Å². The number of rotatable bonds is 8. The first-order valence-electron chi connectivity index (χ1n) is 8.91. The zero-order valence-electron chi connectivity index (χ0n) is 15.8. The molecule has 148 valence electrons. The zero-order valence-corrected chi connectivity index (χ0v) is 15.8. The average molecular weight is 392 g/mol. The molecule has 0 aliphatic heterocycles. The molecule has 0 spiro atoms. The first-order valence-corrected chi connectivity index (χ1v) is 8.91. The van der Waals surface area contributed by atoms with Crippen LogP contribution in [0.5, 0.6) is 5.75 Å². The van der Waals surface area contributed by atoms with Crippen LogP contribution in [-0.2, 0) is 18.0 Å². The number of non-ortho nitro benzene ring substituents is 1. The van der Waals surface area contributed by atoms with Gasteiger partial charge in [-0.2, -0.15) is 0 Å². The zero-order chi connectivity index (χ0) is 20.6. The second-order valence-corrected chi connectivity index (χ2v) is 6.27. The highest BCUT2D eigenvalue weighted by Gasteiger charge is 2.13. The van der Waals surface area contributed by atoms with Crippen LogP contribution >= 0.6 is 0 Å². The van der Waals surface area contributed by atoms with E-state index >= 15 is 0 Å². The van der Waals surface area contributed by atoms with Crippen LogP contribution in [0.25, 0.3) is 0 Å². The minimum absolute atomic E-state index is 0.0902. The van der Waals surface area contributed by atoms with Crippen molar-refractivity contribution in [3.05, 3.63) is 99.6 Å². The molecule has 3 rings (SSSR count). The van der Waals surface area contributed by atoms with E-state index in [4.69, 9.17) is 9.47 Å². The summed E-state index contributed by atoms with van der Waals surface area (Å²) in [5.74, 6) is 0.238. The summed E-state index contributed by atoms with van der Waals surface area (Å²) >= 11 is 0. The Kier molecular flexibility index (Phi) is 6.55. The highest BCUT2D eigenvalue weighted by atomic mass is 16.6. The molecule has 0 atom stereocenters. The minimum Gasteiger partial charge on any atom is -0.496 e. The van der Waals surface area contributed by atoms with Crippen molar-refractivity contribution in [3.8, 4) is 5.75 Å². The lowest BCUT2D eigenvalue weighted by Crippen LogP contribution is -2.12. The standard InChI is InChI=1S/C22H20N2O5/c1-28-21-11-10-17(12-18(21)15-29-14-16-6-3-2-4-7-16)22(25)23-19-8-5-9-20(13-19)24(26)27/h2-13H,14-15H2,1H3,(H,23,25). The maximum Gasteiger partial charge on any atom is 0.271 e. The van der Waals surface area contributed by atoms with E-state index in [0.29, 0.717) is 23.6 Å². The van der Waals surface area contributed by atoms with Gasteiger partial charge in [0.1, 0.15) is 5.75 Å². The number of hydrogen-bond acceptors (Lipinski definition) is 5. The SMILES string of the molecule is COc1ccc(C(=O)Nc2cccc([N+](=O)[O-])c2)cc1COCc1ccccc1. The summed E-state index contributed by atoms with van der Waals surface area (Å²) in [6, 6.07) is 20.6. The number of carbonyl (C=O) groups excluding carboxylic acids is 1. The number of nitrogens with zero attached hydrogens (tertiary/aromatic N) is 1. The number of methoxy groups -OCH3 is 1. The molecule has 3 aromatic carbocycles. The van der Waals surface area contributed by atoms with Gasteiger partial charge in [-0.3, -0.25) is 14.9 Å². The largest absolute Gasteiger partial charge is 0.496 e. The number of nitro groups is 1. The molecule has 29 heavy (non-hydrogen) atoms. The Bertz CT molecular complexity index is 1010. The maximum absolute atomic E-state index is 12.6. The Hall–Kier alpha value is -3.71. The van der Waals surface area contributed by atoms with Crippen LogP contribution in [-0.4, -0.2) is 17.9 Å². The lowest BCUT2D eigenvalue weighted by atomic mass is 10.1. The summed E-state index contributed by atoms with van der Waals surface area (Å²) in [6.45, 7) is 0.712. The highest BCUT2D eigenvalue weighted by Crippen LogP contribution is 2.23. The number of carbonyl (C=O) groups is 1. The lowest BCUT2D eigenvalue weighted by Gasteiger charge is -2.12. The third kappa shape index (κ3) is 5.40. The molecule has 1 N–H and O–H groups in total. The van der Waals surface area contributed by atoms with Gasteiger partial charge in [-0.1, -0.05) is 36.4 Å². The van der Waals surface area contributed by atoms with Crippen molar-refractivity contribution in [2.45, 2.75) is 13.2 Å². The number of benzene rings is 3. The van der Waals surface area contributed by atoms with Gasteiger partial charge in [0.2, 0.25) is 0 Å². The van der Waals surface area contributed by atoms with E-state index in [-0.39, 0.29) is 18.2 Å². The monoisotopic (exact) mass is 392 g/mol. The molecule has 7 nitrogen and oxygen atoms in total. The van der Waals surface area contributed by atoms with E-state index in [1.54, 1.807) is 31.4 Å². The third-order valence-corrected chi connectivity index (χ3v) is 4.23. The number of nitrogens with one attached hydrogen (secondary N) is 1. The topological polar surface area (TPSA) is 90.7 Å². The van der Waals surface area contributed by atoms with Crippen molar-refractivity contribution in [1.82, 2.24) is 0 Å². The van der Waals surface area contributed by atoms with Crippen LogP contribution in [0.15, 0.2) is 72.8 Å². The Balaban J connectivity index is 1.70. The molecule has 1 amide bonds. The van der Waals surface area contributed by atoms with Gasteiger partial charge in [0.05, 0.1) is 25.2 Å². The van der Waals surface area contributed by atoms with Crippen LogP contribution in [0.3, 0.4) is 0 Å². The van der Waals surface area contributed by atoms with E-state index in [1.165, 1.54) is 18.2 Å². The number of anilines is 1. The predicted octanol–water partition coefficient (Wildman–Crippen LogP) is 4.57. The van der Waals surface area contributed by atoms with E-state index in [1.807, 2.05) is 30.3 Å². The molecule has 0 radical (unpaired) electrons. The first-order chi connectivity index (χ1) is 14.1. The molecule has 0 bridgehead atoms. The van der Waals surface area contributed by atoms with Crippen molar-refractivity contribution in [3.63, 3.8) is 0 Å². The minimum atomic E-state index is -0.509. The summed E-state index contributed by atoms with van der Waals surface area (Å²) in [5, 5.41) is 13.6. The fourth-order valence-corrected chi connectivity index (χ4v) is 2.79. The fourth-order valence-electron chi connectivity index (χ4n) is 2.79. The first kappa shape index (κ1) is 20.0. The molecule has 0 fully saturated rings. The number of nitro benzene ring substituents is 1. The Labute approximate surface area is 168 Å². The highest BCUT2D eigenvalue weighted by molar-refractivity contribution is 6.04. The van der Waals surface area contributed by atoms with Crippen molar-refractivity contribution in [1.29, 1.82) is 0 Å². The van der Waals surface area contributed by atoms with Gasteiger partial charge in [0.15, 0.2) is 0 Å². The molecule has 0 saturated heterocycles. The molecule has 0 saturated carbocycles. The molecular weight excluding hydrogens is 372 g/mol. The van der Waals surface area contributed by atoms with Crippen molar-refractivity contribution >= 4 is 17.3 Å². The molecular formula is C22H20N2O5. The molecule has 7 heteroatoms. The van der Waals surface area contributed by atoms with Gasteiger partial charge < -0.3 is 14.8 Å². The Morgan fingerprint density at radius 3 is 2.52 bits per heavy atom. The Morgan fingerprint density at radius 1 is 1.00 bits per heavy atom. The second kappa shape index (κ2) is 9.48. The maximum atomic E-state index is 12.6. The van der Waals surface area contributed by atoms with Crippen LogP contribution in [0.4, 0.5) is 11.4 Å². The Morgan fingerprint density at radius 2 is 1.79 bits per heavy atom.